The lowest BCUT2D eigenvalue weighted by Crippen LogP contribution is -3.00. The van der Waals surface area contributed by atoms with Crippen LogP contribution in [0.15, 0.2) is 78.9 Å². The SMILES string of the molecule is O=C(C[N+]12CCC(CC1)[C@@H](OC(=O)C(Nc1cccc(F)c1)c1ccc(F)cc1)C2)c1ccccc1.[Br-]. The number of hydrogen-bond acceptors (Lipinski definition) is 4. The summed E-state index contributed by atoms with van der Waals surface area (Å²) >= 11 is 0. The van der Waals surface area contributed by atoms with E-state index in [4.69, 9.17) is 4.74 Å². The van der Waals surface area contributed by atoms with Crippen molar-refractivity contribution in [3.05, 3.63) is 102 Å². The van der Waals surface area contributed by atoms with Crippen LogP contribution in [0.25, 0.3) is 0 Å². The van der Waals surface area contributed by atoms with Crippen molar-refractivity contribution in [1.29, 1.82) is 0 Å². The second kappa shape index (κ2) is 11.5. The molecule has 0 aromatic heterocycles. The molecule has 8 heteroatoms. The lowest BCUT2D eigenvalue weighted by atomic mass is 9.82. The van der Waals surface area contributed by atoms with Gasteiger partial charge in [-0.25, -0.2) is 13.6 Å². The van der Waals surface area contributed by atoms with E-state index in [0.717, 1.165) is 25.9 Å². The van der Waals surface area contributed by atoms with E-state index < -0.39 is 23.6 Å². The van der Waals surface area contributed by atoms with E-state index in [0.29, 0.717) is 34.4 Å². The Morgan fingerprint density at radius 3 is 2.30 bits per heavy atom. The Hall–Kier alpha value is -3.10. The number of benzene rings is 3. The molecule has 2 atom stereocenters. The number of carbonyl (C=O) groups is 2. The Kier molecular flexibility index (Phi) is 8.39. The number of rotatable bonds is 8. The van der Waals surface area contributed by atoms with E-state index in [2.05, 4.69) is 5.32 Å². The van der Waals surface area contributed by atoms with Crippen LogP contribution in [0, 0.1) is 17.6 Å². The molecule has 0 spiro atoms. The summed E-state index contributed by atoms with van der Waals surface area (Å²) in [5.74, 6) is -1.01. The fraction of sp³-hybridized carbons (Fsp3) is 0.310. The molecule has 0 aliphatic carbocycles. The van der Waals surface area contributed by atoms with E-state index in [-0.39, 0.29) is 34.8 Å². The van der Waals surface area contributed by atoms with Gasteiger partial charge in [-0.15, -0.1) is 0 Å². The molecule has 3 aliphatic heterocycles. The van der Waals surface area contributed by atoms with Gasteiger partial charge in [0.2, 0.25) is 5.78 Å². The average molecular weight is 571 g/mol. The maximum atomic E-state index is 13.8. The van der Waals surface area contributed by atoms with Crippen molar-refractivity contribution in [2.24, 2.45) is 5.92 Å². The summed E-state index contributed by atoms with van der Waals surface area (Å²) in [6.45, 7) is 2.75. The number of piperidine rings is 3. The highest BCUT2D eigenvalue weighted by atomic mass is 79.9. The molecule has 3 heterocycles. The Labute approximate surface area is 225 Å². The lowest BCUT2D eigenvalue weighted by Gasteiger charge is -2.51. The first-order valence-corrected chi connectivity index (χ1v) is 12.3. The van der Waals surface area contributed by atoms with E-state index in [1.165, 1.54) is 36.4 Å². The van der Waals surface area contributed by atoms with Crippen molar-refractivity contribution in [2.75, 3.05) is 31.5 Å². The minimum atomic E-state index is -0.928. The van der Waals surface area contributed by atoms with Gasteiger partial charge in [0.25, 0.3) is 0 Å². The topological polar surface area (TPSA) is 55.4 Å². The number of ether oxygens (including phenoxy) is 1. The van der Waals surface area contributed by atoms with Crippen LogP contribution in [-0.4, -0.2) is 48.5 Å². The van der Waals surface area contributed by atoms with E-state index in [1.54, 1.807) is 12.1 Å². The predicted octanol–water partition coefficient (Wildman–Crippen LogP) is 2.16. The van der Waals surface area contributed by atoms with Crippen molar-refractivity contribution in [2.45, 2.75) is 25.0 Å². The number of esters is 1. The van der Waals surface area contributed by atoms with Gasteiger partial charge in [-0.3, -0.25) is 4.79 Å². The highest BCUT2D eigenvalue weighted by Crippen LogP contribution is 2.37. The van der Waals surface area contributed by atoms with Crippen LogP contribution in [0.1, 0.15) is 34.8 Å². The fourth-order valence-electron chi connectivity index (χ4n) is 5.49. The summed E-state index contributed by atoms with van der Waals surface area (Å²) in [5, 5.41) is 3.06. The fourth-order valence-corrected chi connectivity index (χ4v) is 5.49. The van der Waals surface area contributed by atoms with Crippen LogP contribution in [0.2, 0.25) is 0 Å². The number of nitrogens with one attached hydrogen (secondary N) is 1. The minimum Gasteiger partial charge on any atom is -1.00 e. The molecular weight excluding hydrogens is 542 g/mol. The number of nitrogens with zero attached hydrogens (tertiary/aromatic N) is 1. The van der Waals surface area contributed by atoms with Gasteiger partial charge in [0, 0.05) is 30.0 Å². The molecule has 1 N–H and O–H groups in total. The zero-order valence-corrected chi connectivity index (χ0v) is 21.9. The number of fused-ring (bicyclic) bond motifs is 3. The smallest absolute Gasteiger partial charge is 0.333 e. The molecule has 0 radical (unpaired) electrons. The zero-order chi connectivity index (χ0) is 25.1. The van der Waals surface area contributed by atoms with Gasteiger partial charge in [-0.1, -0.05) is 48.5 Å². The first-order valence-electron chi connectivity index (χ1n) is 12.3. The second-order valence-corrected chi connectivity index (χ2v) is 9.87. The second-order valence-electron chi connectivity index (χ2n) is 9.87. The summed E-state index contributed by atoms with van der Waals surface area (Å²) in [6.07, 6.45) is 1.46. The Bertz CT molecular complexity index is 1230. The van der Waals surface area contributed by atoms with Gasteiger partial charge < -0.3 is 31.5 Å². The predicted molar refractivity (Wildman–Crippen MR) is 132 cm³/mol. The van der Waals surface area contributed by atoms with E-state index in [9.17, 15) is 18.4 Å². The number of halogens is 3. The van der Waals surface area contributed by atoms with Gasteiger partial charge in [0.15, 0.2) is 12.1 Å². The number of anilines is 1. The third-order valence-corrected chi connectivity index (χ3v) is 7.46. The number of Topliss-reactive ketones (excluding diaryl/α,β-unsaturated/α-hetero) is 1. The molecule has 5 nitrogen and oxygen atoms in total. The quantitative estimate of drug-likeness (QED) is 0.256. The molecule has 6 rings (SSSR count). The molecule has 3 aromatic carbocycles. The van der Waals surface area contributed by atoms with Crippen LogP contribution in [-0.2, 0) is 9.53 Å². The maximum Gasteiger partial charge on any atom is 0.333 e. The van der Waals surface area contributed by atoms with E-state index >= 15 is 0 Å². The summed E-state index contributed by atoms with van der Waals surface area (Å²) < 4.78 is 34.0. The van der Waals surface area contributed by atoms with Crippen molar-refractivity contribution >= 4 is 17.4 Å². The van der Waals surface area contributed by atoms with Crippen molar-refractivity contribution < 1.29 is 44.6 Å². The molecule has 3 saturated heterocycles. The highest BCUT2D eigenvalue weighted by molar-refractivity contribution is 5.97. The normalized spacial score (nSPS) is 23.0. The first-order chi connectivity index (χ1) is 17.4. The lowest BCUT2D eigenvalue weighted by molar-refractivity contribution is -0.938. The van der Waals surface area contributed by atoms with Gasteiger partial charge in [-0.05, 0) is 35.9 Å². The van der Waals surface area contributed by atoms with Crippen LogP contribution in [0.5, 0.6) is 0 Å². The van der Waals surface area contributed by atoms with Crippen molar-refractivity contribution in [3.63, 3.8) is 0 Å². The third-order valence-electron chi connectivity index (χ3n) is 7.46. The molecule has 2 bridgehead atoms. The number of ketones is 1. The molecule has 0 saturated carbocycles. The van der Waals surface area contributed by atoms with Gasteiger partial charge >= 0.3 is 5.97 Å². The summed E-state index contributed by atoms with van der Waals surface area (Å²) in [6, 6.07) is 19.8. The molecule has 3 aromatic rings. The zero-order valence-electron chi connectivity index (χ0n) is 20.3. The monoisotopic (exact) mass is 570 g/mol. The largest absolute Gasteiger partial charge is 1.00 e. The summed E-state index contributed by atoms with van der Waals surface area (Å²) in [5.41, 5.74) is 1.64. The summed E-state index contributed by atoms with van der Waals surface area (Å²) in [4.78, 5) is 26.4. The molecule has 194 valence electrons. The minimum absolute atomic E-state index is 0. The standard InChI is InChI=1S/C29H29F2N2O3.BrH/c30-23-11-9-22(10-12-23)28(32-25-8-4-7-24(31)17-25)29(35)36-27-19-33(15-13-21(27)14-16-33)18-26(34)20-5-2-1-3-6-20;/h1-12,17,21,27-28,32H,13-16,18-19H2;1H/q+1;/p-1/t21?,27-,28?,33?;/m0./s1. The first kappa shape index (κ1) is 26.9. The molecule has 37 heavy (non-hydrogen) atoms. The van der Waals surface area contributed by atoms with Crippen LogP contribution in [0.3, 0.4) is 0 Å². The van der Waals surface area contributed by atoms with Gasteiger partial charge in [0.1, 0.15) is 24.7 Å². The number of hydrogen-bond donors (Lipinski definition) is 1. The van der Waals surface area contributed by atoms with Crippen molar-refractivity contribution in [3.8, 4) is 0 Å². The molecule has 3 fully saturated rings. The van der Waals surface area contributed by atoms with Crippen LogP contribution in [0.4, 0.5) is 14.5 Å². The molecule has 1 unspecified atom stereocenters. The number of quaternary nitrogens is 1. The Morgan fingerprint density at radius 2 is 1.62 bits per heavy atom. The number of carbonyl (C=O) groups excluding carboxylic acids is 2. The highest BCUT2D eigenvalue weighted by Gasteiger charge is 2.49. The van der Waals surface area contributed by atoms with Crippen LogP contribution < -0.4 is 22.3 Å². The van der Waals surface area contributed by atoms with Gasteiger partial charge in [-0.2, -0.15) is 0 Å². The van der Waals surface area contributed by atoms with Gasteiger partial charge in [0.05, 0.1) is 13.1 Å². The Balaban J connectivity index is 0.00000320. The maximum absolute atomic E-state index is 13.8. The third kappa shape index (κ3) is 6.25. The average Bonchev–Trinajstić information content (AvgIpc) is 2.89. The van der Waals surface area contributed by atoms with E-state index in [1.807, 2.05) is 30.3 Å². The van der Waals surface area contributed by atoms with Crippen molar-refractivity contribution in [1.82, 2.24) is 0 Å². The molecular formula is C29H29BrF2N2O3. The van der Waals surface area contributed by atoms with Crippen LogP contribution >= 0.6 is 0 Å². The molecule has 0 amide bonds. The Morgan fingerprint density at radius 1 is 0.919 bits per heavy atom. The summed E-state index contributed by atoms with van der Waals surface area (Å²) in [7, 11) is 0. The molecule has 3 aliphatic rings.